The summed E-state index contributed by atoms with van der Waals surface area (Å²) < 4.78 is 3.50. The van der Waals surface area contributed by atoms with Crippen LogP contribution in [0.1, 0.15) is 0 Å². The van der Waals surface area contributed by atoms with E-state index < -0.39 is 0 Å². The summed E-state index contributed by atoms with van der Waals surface area (Å²) in [6.45, 7) is 0. The summed E-state index contributed by atoms with van der Waals surface area (Å²) in [5, 5.41) is 7.51. The standard InChI is InChI=1S/C10H7N6/c1-3-7-9(11-5-1)15-10-8(4-2-6-12-10)14-16(15)13-7/h1-6H,(H,13,14)/q+1. The van der Waals surface area contributed by atoms with Crippen LogP contribution in [0, 0.1) is 0 Å². The Hall–Kier alpha value is -2.50. The van der Waals surface area contributed by atoms with Crippen LogP contribution in [0.2, 0.25) is 0 Å². The summed E-state index contributed by atoms with van der Waals surface area (Å²) in [5.41, 5.74) is 3.39. The first-order valence-corrected chi connectivity index (χ1v) is 4.92. The normalized spacial score (nSPS) is 11.8. The van der Waals surface area contributed by atoms with Crippen LogP contribution in [0.25, 0.3) is 22.3 Å². The molecule has 0 aliphatic carbocycles. The molecule has 4 rings (SSSR count). The number of aromatic nitrogens is 6. The van der Waals surface area contributed by atoms with Gasteiger partial charge >= 0.3 is 0 Å². The Morgan fingerprint density at radius 3 is 2.81 bits per heavy atom. The molecule has 0 unspecified atom stereocenters. The lowest BCUT2D eigenvalue weighted by Gasteiger charge is -1.82. The highest BCUT2D eigenvalue weighted by atomic mass is 15.6. The number of nitrogens with one attached hydrogen (secondary N) is 1. The molecule has 76 valence electrons. The number of rotatable bonds is 0. The van der Waals surface area contributed by atoms with Crippen molar-refractivity contribution in [1.29, 1.82) is 0 Å². The van der Waals surface area contributed by atoms with Gasteiger partial charge in [-0.05, 0) is 29.4 Å². The largest absolute Gasteiger partial charge is 0.275 e. The van der Waals surface area contributed by atoms with Gasteiger partial charge in [0.1, 0.15) is 0 Å². The van der Waals surface area contributed by atoms with Gasteiger partial charge in [0.2, 0.25) is 0 Å². The number of aromatic amines is 1. The average molecular weight is 211 g/mol. The van der Waals surface area contributed by atoms with Crippen LogP contribution in [0.3, 0.4) is 0 Å². The molecule has 0 aromatic carbocycles. The van der Waals surface area contributed by atoms with Crippen molar-refractivity contribution in [2.45, 2.75) is 0 Å². The molecule has 6 nitrogen and oxygen atoms in total. The fourth-order valence-electron chi connectivity index (χ4n) is 1.89. The summed E-state index contributed by atoms with van der Waals surface area (Å²) in [6, 6.07) is 7.63. The maximum atomic E-state index is 4.37. The molecular weight excluding hydrogens is 204 g/mol. The first-order chi connectivity index (χ1) is 7.93. The molecule has 0 aliphatic heterocycles. The second kappa shape index (κ2) is 2.54. The van der Waals surface area contributed by atoms with Gasteiger partial charge in [-0.25, -0.2) is 5.10 Å². The van der Waals surface area contributed by atoms with E-state index in [1.54, 1.807) is 17.1 Å². The third kappa shape index (κ3) is 0.813. The van der Waals surface area contributed by atoms with Crippen LogP contribution in [0.15, 0.2) is 36.7 Å². The number of pyridine rings is 2. The smallest absolute Gasteiger partial charge is 0.204 e. The molecule has 4 aromatic heterocycles. The quantitative estimate of drug-likeness (QED) is 0.427. The Morgan fingerprint density at radius 2 is 1.88 bits per heavy atom. The monoisotopic (exact) mass is 211 g/mol. The van der Waals surface area contributed by atoms with Crippen molar-refractivity contribution in [3.63, 3.8) is 0 Å². The van der Waals surface area contributed by atoms with E-state index in [0.29, 0.717) is 0 Å². The average Bonchev–Trinajstić information content (AvgIpc) is 2.83. The minimum Gasteiger partial charge on any atom is -0.204 e. The Labute approximate surface area is 89.1 Å². The molecule has 0 saturated heterocycles. The zero-order chi connectivity index (χ0) is 10.5. The lowest BCUT2D eigenvalue weighted by Crippen LogP contribution is -2.27. The van der Waals surface area contributed by atoms with Crippen LogP contribution in [0.4, 0.5) is 0 Å². The fourth-order valence-corrected chi connectivity index (χ4v) is 1.89. The third-order valence-electron chi connectivity index (χ3n) is 2.57. The summed E-state index contributed by atoms with van der Waals surface area (Å²) in [5.74, 6) is 0. The molecule has 0 amide bonds. The zero-order valence-corrected chi connectivity index (χ0v) is 8.20. The lowest BCUT2D eigenvalue weighted by atomic mass is 10.4. The number of fused-ring (bicyclic) bond motifs is 5. The van der Waals surface area contributed by atoms with Gasteiger partial charge in [0.25, 0.3) is 11.3 Å². The highest BCUT2D eigenvalue weighted by molar-refractivity contribution is 5.70. The van der Waals surface area contributed by atoms with E-state index in [9.17, 15) is 0 Å². The second-order valence-corrected chi connectivity index (χ2v) is 3.53. The van der Waals surface area contributed by atoms with Gasteiger partial charge in [0.15, 0.2) is 11.0 Å². The number of hydrogen-bond donors (Lipinski definition) is 1. The molecule has 16 heavy (non-hydrogen) atoms. The molecule has 4 aromatic rings. The lowest BCUT2D eigenvalue weighted by molar-refractivity contribution is -0.577. The van der Waals surface area contributed by atoms with Gasteiger partial charge in [-0.2, -0.15) is 9.97 Å². The predicted molar refractivity (Wildman–Crippen MR) is 55.8 cm³/mol. The summed E-state index contributed by atoms with van der Waals surface area (Å²) in [7, 11) is 0. The number of hydrogen-bond acceptors (Lipinski definition) is 3. The number of H-pyrrole nitrogens is 1. The van der Waals surface area contributed by atoms with E-state index in [4.69, 9.17) is 0 Å². The second-order valence-electron chi connectivity index (χ2n) is 3.53. The first kappa shape index (κ1) is 7.75. The van der Waals surface area contributed by atoms with Crippen LogP contribution < -0.4 is 4.52 Å². The van der Waals surface area contributed by atoms with Crippen LogP contribution in [-0.4, -0.2) is 24.9 Å². The first-order valence-electron chi connectivity index (χ1n) is 4.92. The minimum atomic E-state index is 0.799. The van der Waals surface area contributed by atoms with Crippen molar-refractivity contribution < 1.29 is 4.52 Å². The molecule has 0 bridgehead atoms. The Bertz CT molecular complexity index is 746. The Kier molecular flexibility index (Phi) is 1.23. The van der Waals surface area contributed by atoms with Crippen molar-refractivity contribution in [1.82, 2.24) is 24.9 Å². The van der Waals surface area contributed by atoms with Gasteiger partial charge in [0.05, 0.1) is 12.4 Å². The van der Waals surface area contributed by atoms with Crippen LogP contribution in [-0.2, 0) is 0 Å². The van der Waals surface area contributed by atoms with Crippen molar-refractivity contribution in [2.24, 2.45) is 0 Å². The maximum Gasteiger partial charge on any atom is 0.275 e. The van der Waals surface area contributed by atoms with E-state index in [1.807, 2.05) is 28.8 Å². The van der Waals surface area contributed by atoms with Crippen molar-refractivity contribution in [2.75, 3.05) is 0 Å². The van der Waals surface area contributed by atoms with Crippen LogP contribution >= 0.6 is 0 Å². The van der Waals surface area contributed by atoms with Crippen LogP contribution in [0.5, 0.6) is 0 Å². The van der Waals surface area contributed by atoms with E-state index >= 15 is 0 Å². The molecule has 0 aliphatic rings. The molecule has 0 fully saturated rings. The molecule has 4 heterocycles. The molecule has 0 saturated carbocycles. The highest BCUT2D eigenvalue weighted by Gasteiger charge is 2.17. The van der Waals surface area contributed by atoms with Crippen molar-refractivity contribution >= 4 is 22.3 Å². The zero-order valence-electron chi connectivity index (χ0n) is 8.20. The fraction of sp³-hybridized carbons (Fsp3) is 0. The van der Waals surface area contributed by atoms with E-state index in [2.05, 4.69) is 20.2 Å². The van der Waals surface area contributed by atoms with E-state index in [-0.39, 0.29) is 0 Å². The summed E-state index contributed by atoms with van der Waals surface area (Å²) in [4.78, 5) is 8.63. The topological polar surface area (TPSA) is 63.0 Å². The van der Waals surface area contributed by atoms with Gasteiger partial charge in [-0.1, -0.05) is 0 Å². The highest BCUT2D eigenvalue weighted by Crippen LogP contribution is 2.07. The van der Waals surface area contributed by atoms with Crippen molar-refractivity contribution in [3.05, 3.63) is 36.7 Å². The van der Waals surface area contributed by atoms with Gasteiger partial charge in [0, 0.05) is 4.74 Å². The molecular formula is C10H7N6+. The predicted octanol–water partition coefficient (Wildman–Crippen LogP) is 0.344. The minimum absolute atomic E-state index is 0.799. The summed E-state index contributed by atoms with van der Waals surface area (Å²) in [6.07, 6.45) is 3.50. The molecule has 6 heteroatoms. The third-order valence-corrected chi connectivity index (χ3v) is 2.57. The SMILES string of the molecule is c1cnc2c(c1)nn1[nH]c3cccnc3[n+]21. The Balaban J connectivity index is 2.38. The molecule has 1 N–H and O–H groups in total. The van der Waals surface area contributed by atoms with E-state index in [0.717, 1.165) is 22.3 Å². The molecule has 0 atom stereocenters. The molecule has 0 radical (unpaired) electrons. The molecule has 0 spiro atoms. The number of nitrogens with zero attached hydrogens (tertiary/aromatic N) is 5. The van der Waals surface area contributed by atoms with Crippen molar-refractivity contribution in [3.8, 4) is 0 Å². The maximum absolute atomic E-state index is 4.37. The summed E-state index contributed by atoms with van der Waals surface area (Å²) >= 11 is 0. The van der Waals surface area contributed by atoms with Gasteiger partial charge < -0.3 is 0 Å². The van der Waals surface area contributed by atoms with E-state index in [1.165, 1.54) is 0 Å². The van der Waals surface area contributed by atoms with Gasteiger partial charge in [-0.15, -0.1) is 4.52 Å². The Morgan fingerprint density at radius 1 is 1.06 bits per heavy atom. The van der Waals surface area contributed by atoms with Gasteiger partial charge in [-0.3, -0.25) is 0 Å².